The number of ether oxygens (including phenoxy) is 1. The molecule has 0 saturated heterocycles. The van der Waals surface area contributed by atoms with E-state index in [9.17, 15) is 9.59 Å². The third kappa shape index (κ3) is 6.40. The summed E-state index contributed by atoms with van der Waals surface area (Å²) in [6.45, 7) is 6.29. The van der Waals surface area contributed by atoms with Crippen LogP contribution >= 0.6 is 0 Å². The fraction of sp³-hybridized carbons (Fsp3) is 0.500. The quantitative estimate of drug-likeness (QED) is 0.765. The van der Waals surface area contributed by atoms with Gasteiger partial charge in [-0.25, -0.2) is 0 Å². The molecule has 5 heteroatoms. The first-order chi connectivity index (χ1) is 10.0. The van der Waals surface area contributed by atoms with Gasteiger partial charge in [0.1, 0.15) is 12.1 Å². The summed E-state index contributed by atoms with van der Waals surface area (Å²) < 4.78 is 5.51. The van der Waals surface area contributed by atoms with E-state index in [2.05, 4.69) is 10.6 Å². The highest BCUT2D eigenvalue weighted by Gasteiger charge is 2.19. The molecule has 0 aliphatic heterocycles. The monoisotopic (exact) mass is 292 g/mol. The normalized spacial score (nSPS) is 13.3. The summed E-state index contributed by atoms with van der Waals surface area (Å²) in [6.07, 6.45) is 0.259. The second kappa shape index (κ2) is 9.13. The number of benzene rings is 1. The number of amides is 2. The molecule has 0 spiro atoms. The fourth-order valence-corrected chi connectivity index (χ4v) is 1.67. The Labute approximate surface area is 126 Å². The average molecular weight is 292 g/mol. The summed E-state index contributed by atoms with van der Waals surface area (Å²) in [4.78, 5) is 23.6. The second-order valence-corrected chi connectivity index (χ2v) is 4.96. The SMILES string of the molecule is CCCNC(=O)C(C)NC(=O)C(C)OCc1ccccc1. The summed E-state index contributed by atoms with van der Waals surface area (Å²) in [5.41, 5.74) is 1.01. The Morgan fingerprint density at radius 1 is 1.14 bits per heavy atom. The molecule has 2 N–H and O–H groups in total. The third-order valence-electron chi connectivity index (χ3n) is 3.01. The van der Waals surface area contributed by atoms with E-state index in [1.807, 2.05) is 37.3 Å². The van der Waals surface area contributed by atoms with Crippen LogP contribution < -0.4 is 10.6 Å². The Kier molecular flexibility index (Phi) is 7.46. The van der Waals surface area contributed by atoms with Gasteiger partial charge in [-0.2, -0.15) is 0 Å². The maximum Gasteiger partial charge on any atom is 0.249 e. The first kappa shape index (κ1) is 17.2. The van der Waals surface area contributed by atoms with Crippen LogP contribution in [0.1, 0.15) is 32.8 Å². The Bertz CT molecular complexity index is 448. The van der Waals surface area contributed by atoms with E-state index >= 15 is 0 Å². The maximum absolute atomic E-state index is 11.9. The van der Waals surface area contributed by atoms with Crippen LogP contribution in [-0.2, 0) is 20.9 Å². The number of carbonyl (C=O) groups excluding carboxylic acids is 2. The van der Waals surface area contributed by atoms with Gasteiger partial charge in [-0.05, 0) is 25.8 Å². The average Bonchev–Trinajstić information content (AvgIpc) is 2.50. The minimum atomic E-state index is -0.605. The van der Waals surface area contributed by atoms with Crippen molar-refractivity contribution in [3.05, 3.63) is 35.9 Å². The molecule has 0 radical (unpaired) electrons. The molecule has 1 rings (SSSR count). The van der Waals surface area contributed by atoms with Gasteiger partial charge in [0.05, 0.1) is 6.61 Å². The van der Waals surface area contributed by atoms with E-state index in [0.29, 0.717) is 13.2 Å². The zero-order valence-electron chi connectivity index (χ0n) is 12.9. The topological polar surface area (TPSA) is 67.4 Å². The first-order valence-corrected chi connectivity index (χ1v) is 7.28. The molecule has 116 valence electrons. The van der Waals surface area contributed by atoms with E-state index in [1.165, 1.54) is 0 Å². The van der Waals surface area contributed by atoms with E-state index in [0.717, 1.165) is 12.0 Å². The third-order valence-corrected chi connectivity index (χ3v) is 3.01. The molecule has 1 aromatic carbocycles. The van der Waals surface area contributed by atoms with Crippen LogP contribution in [-0.4, -0.2) is 30.5 Å². The number of hydrogen-bond donors (Lipinski definition) is 2. The lowest BCUT2D eigenvalue weighted by molar-refractivity contribution is -0.136. The Balaban J connectivity index is 2.35. The Morgan fingerprint density at radius 2 is 1.81 bits per heavy atom. The molecule has 0 aromatic heterocycles. The first-order valence-electron chi connectivity index (χ1n) is 7.28. The van der Waals surface area contributed by atoms with E-state index in [1.54, 1.807) is 13.8 Å². The lowest BCUT2D eigenvalue weighted by Crippen LogP contribution is -2.48. The van der Waals surface area contributed by atoms with Gasteiger partial charge in [0.25, 0.3) is 0 Å². The molecule has 0 fully saturated rings. The van der Waals surface area contributed by atoms with E-state index < -0.39 is 12.1 Å². The van der Waals surface area contributed by atoms with Crippen LogP contribution in [0.2, 0.25) is 0 Å². The van der Waals surface area contributed by atoms with E-state index in [4.69, 9.17) is 4.74 Å². The molecular weight excluding hydrogens is 268 g/mol. The number of hydrogen-bond acceptors (Lipinski definition) is 3. The molecule has 0 heterocycles. The lowest BCUT2D eigenvalue weighted by atomic mass is 10.2. The van der Waals surface area contributed by atoms with Gasteiger partial charge in [0.15, 0.2) is 0 Å². The Hall–Kier alpha value is -1.88. The lowest BCUT2D eigenvalue weighted by Gasteiger charge is -2.17. The predicted molar refractivity (Wildman–Crippen MR) is 81.6 cm³/mol. The summed E-state index contributed by atoms with van der Waals surface area (Å²) in [5, 5.41) is 5.39. The highest BCUT2D eigenvalue weighted by atomic mass is 16.5. The summed E-state index contributed by atoms with van der Waals surface area (Å²) in [5.74, 6) is -0.467. The number of carbonyl (C=O) groups is 2. The van der Waals surface area contributed by atoms with Crippen LogP contribution in [0.25, 0.3) is 0 Å². The van der Waals surface area contributed by atoms with Crippen molar-refractivity contribution in [1.29, 1.82) is 0 Å². The molecule has 0 aliphatic carbocycles. The van der Waals surface area contributed by atoms with Crippen molar-refractivity contribution >= 4 is 11.8 Å². The number of nitrogens with one attached hydrogen (secondary N) is 2. The zero-order chi connectivity index (χ0) is 15.7. The smallest absolute Gasteiger partial charge is 0.249 e. The van der Waals surface area contributed by atoms with Crippen molar-refractivity contribution in [2.75, 3.05) is 6.54 Å². The van der Waals surface area contributed by atoms with Crippen molar-refractivity contribution in [3.63, 3.8) is 0 Å². The van der Waals surface area contributed by atoms with Crippen LogP contribution in [0.5, 0.6) is 0 Å². The van der Waals surface area contributed by atoms with Crippen LogP contribution in [0.3, 0.4) is 0 Å². The number of rotatable bonds is 8. The van der Waals surface area contributed by atoms with Gasteiger partial charge < -0.3 is 15.4 Å². The van der Waals surface area contributed by atoms with Gasteiger partial charge in [0.2, 0.25) is 11.8 Å². The molecule has 5 nitrogen and oxygen atoms in total. The largest absolute Gasteiger partial charge is 0.364 e. The molecule has 0 aliphatic rings. The molecule has 0 saturated carbocycles. The predicted octanol–water partition coefficient (Wildman–Crippen LogP) is 1.62. The van der Waals surface area contributed by atoms with Crippen molar-refractivity contribution in [2.45, 2.75) is 45.9 Å². The molecule has 2 unspecified atom stereocenters. The minimum absolute atomic E-state index is 0.180. The molecule has 2 atom stereocenters. The maximum atomic E-state index is 11.9. The summed E-state index contributed by atoms with van der Waals surface area (Å²) in [6, 6.07) is 9.08. The van der Waals surface area contributed by atoms with Crippen molar-refractivity contribution in [2.24, 2.45) is 0 Å². The molecule has 2 amide bonds. The zero-order valence-corrected chi connectivity index (χ0v) is 12.9. The standard InChI is InChI=1S/C16H24N2O3/c1-4-10-17-15(19)12(2)18-16(20)13(3)21-11-14-8-6-5-7-9-14/h5-9,12-13H,4,10-11H2,1-3H3,(H,17,19)(H,18,20). The van der Waals surface area contributed by atoms with Crippen LogP contribution in [0, 0.1) is 0 Å². The van der Waals surface area contributed by atoms with Crippen molar-refractivity contribution in [3.8, 4) is 0 Å². The minimum Gasteiger partial charge on any atom is -0.364 e. The van der Waals surface area contributed by atoms with Gasteiger partial charge in [-0.3, -0.25) is 9.59 Å². The van der Waals surface area contributed by atoms with Gasteiger partial charge in [0, 0.05) is 6.54 Å². The Morgan fingerprint density at radius 3 is 2.43 bits per heavy atom. The van der Waals surface area contributed by atoms with Crippen LogP contribution in [0.15, 0.2) is 30.3 Å². The van der Waals surface area contributed by atoms with Gasteiger partial charge >= 0.3 is 0 Å². The second-order valence-electron chi connectivity index (χ2n) is 4.96. The molecule has 1 aromatic rings. The fourth-order valence-electron chi connectivity index (χ4n) is 1.67. The highest BCUT2D eigenvalue weighted by molar-refractivity contribution is 5.88. The van der Waals surface area contributed by atoms with E-state index in [-0.39, 0.29) is 11.8 Å². The highest BCUT2D eigenvalue weighted by Crippen LogP contribution is 2.03. The molecule has 0 bridgehead atoms. The summed E-state index contributed by atoms with van der Waals surface area (Å²) >= 11 is 0. The van der Waals surface area contributed by atoms with Gasteiger partial charge in [-0.1, -0.05) is 37.3 Å². The molecule has 21 heavy (non-hydrogen) atoms. The molecular formula is C16H24N2O3. The van der Waals surface area contributed by atoms with Crippen molar-refractivity contribution < 1.29 is 14.3 Å². The summed E-state index contributed by atoms with van der Waals surface area (Å²) in [7, 11) is 0. The van der Waals surface area contributed by atoms with Gasteiger partial charge in [-0.15, -0.1) is 0 Å². The van der Waals surface area contributed by atoms with Crippen molar-refractivity contribution in [1.82, 2.24) is 10.6 Å². The van der Waals surface area contributed by atoms with Crippen LogP contribution in [0.4, 0.5) is 0 Å².